The monoisotopic (exact) mass is 282 g/mol. The maximum absolute atomic E-state index is 11.8. The van der Waals surface area contributed by atoms with Gasteiger partial charge in [0.25, 0.3) is 5.91 Å². The fourth-order valence-electron chi connectivity index (χ4n) is 1.28. The van der Waals surface area contributed by atoms with Gasteiger partial charge in [0.05, 0.1) is 5.60 Å². The second-order valence-corrected chi connectivity index (χ2v) is 6.18. The molecule has 0 unspecified atom stereocenters. The Bertz CT molecular complexity index is 527. The van der Waals surface area contributed by atoms with E-state index in [2.05, 4.69) is 10.3 Å². The Hall–Kier alpha value is -1.24. The van der Waals surface area contributed by atoms with Crippen LogP contribution in [-0.2, 0) is 0 Å². The van der Waals surface area contributed by atoms with Crippen molar-refractivity contribution in [1.29, 1.82) is 0 Å². The molecule has 96 valence electrons. The van der Waals surface area contributed by atoms with Crippen LogP contribution in [0.3, 0.4) is 0 Å². The number of aromatic nitrogens is 1. The van der Waals surface area contributed by atoms with Gasteiger partial charge in [0.2, 0.25) is 0 Å². The Morgan fingerprint density at radius 3 is 2.89 bits per heavy atom. The van der Waals surface area contributed by atoms with Gasteiger partial charge in [0, 0.05) is 22.9 Å². The van der Waals surface area contributed by atoms with Gasteiger partial charge in [-0.1, -0.05) is 0 Å². The minimum Gasteiger partial charge on any atom is -0.389 e. The highest BCUT2D eigenvalue weighted by atomic mass is 32.1. The van der Waals surface area contributed by atoms with E-state index in [1.807, 2.05) is 16.8 Å². The number of nitrogens with zero attached hydrogens (tertiary/aromatic N) is 1. The minimum atomic E-state index is -0.915. The molecule has 4 nitrogen and oxygen atoms in total. The molecule has 0 spiro atoms. The normalized spacial score (nSPS) is 11.5. The molecule has 2 rings (SSSR count). The lowest BCUT2D eigenvalue weighted by Crippen LogP contribution is -2.38. The first kappa shape index (κ1) is 13.2. The van der Waals surface area contributed by atoms with Gasteiger partial charge in [-0.3, -0.25) is 4.79 Å². The number of thiazole rings is 1. The predicted molar refractivity (Wildman–Crippen MR) is 74.1 cm³/mol. The summed E-state index contributed by atoms with van der Waals surface area (Å²) in [5, 5.41) is 18.7. The van der Waals surface area contributed by atoms with Crippen LogP contribution in [0.15, 0.2) is 22.2 Å². The van der Waals surface area contributed by atoms with E-state index in [-0.39, 0.29) is 12.5 Å². The Morgan fingerprint density at radius 2 is 2.28 bits per heavy atom. The number of hydrogen-bond donors (Lipinski definition) is 2. The van der Waals surface area contributed by atoms with Crippen molar-refractivity contribution in [3.8, 4) is 10.6 Å². The van der Waals surface area contributed by atoms with Gasteiger partial charge in [-0.15, -0.1) is 11.3 Å². The zero-order valence-corrected chi connectivity index (χ0v) is 11.8. The summed E-state index contributed by atoms with van der Waals surface area (Å²) >= 11 is 3.04. The Balaban J connectivity index is 2.04. The first-order valence-corrected chi connectivity index (χ1v) is 7.27. The Labute approximate surface area is 113 Å². The number of amides is 1. The molecule has 0 aliphatic heterocycles. The van der Waals surface area contributed by atoms with Crippen molar-refractivity contribution in [1.82, 2.24) is 10.3 Å². The molecule has 0 fully saturated rings. The lowest BCUT2D eigenvalue weighted by molar-refractivity contribution is 0.0692. The van der Waals surface area contributed by atoms with Gasteiger partial charge >= 0.3 is 0 Å². The summed E-state index contributed by atoms with van der Waals surface area (Å²) in [6.45, 7) is 3.49. The van der Waals surface area contributed by atoms with Crippen molar-refractivity contribution in [2.75, 3.05) is 6.54 Å². The highest BCUT2D eigenvalue weighted by Gasteiger charge is 2.16. The van der Waals surface area contributed by atoms with Crippen LogP contribution in [-0.4, -0.2) is 28.1 Å². The van der Waals surface area contributed by atoms with Crippen LogP contribution in [0.5, 0.6) is 0 Å². The van der Waals surface area contributed by atoms with E-state index in [0.29, 0.717) is 5.69 Å². The fourth-order valence-corrected chi connectivity index (χ4v) is 2.80. The van der Waals surface area contributed by atoms with E-state index in [0.717, 1.165) is 10.6 Å². The highest BCUT2D eigenvalue weighted by molar-refractivity contribution is 7.14. The molecule has 2 N–H and O–H groups in total. The first-order valence-electron chi connectivity index (χ1n) is 5.44. The third-order valence-corrected chi connectivity index (χ3v) is 3.76. The molecule has 0 radical (unpaired) electrons. The van der Waals surface area contributed by atoms with E-state index >= 15 is 0 Å². The number of aliphatic hydroxyl groups is 1. The number of thiophene rings is 1. The van der Waals surface area contributed by atoms with Crippen LogP contribution in [0.1, 0.15) is 24.3 Å². The maximum Gasteiger partial charge on any atom is 0.270 e. The molecule has 0 atom stereocenters. The molecule has 0 aliphatic carbocycles. The standard InChI is InChI=1S/C12H14N2O2S2/c1-12(2,16)7-13-10(15)9-6-18-11(14-9)8-3-4-17-5-8/h3-6,16H,7H2,1-2H3,(H,13,15). The second-order valence-electron chi connectivity index (χ2n) is 4.55. The van der Waals surface area contributed by atoms with Gasteiger partial charge < -0.3 is 10.4 Å². The van der Waals surface area contributed by atoms with E-state index in [1.165, 1.54) is 11.3 Å². The predicted octanol–water partition coefficient (Wildman–Crippen LogP) is 2.37. The lowest BCUT2D eigenvalue weighted by Gasteiger charge is -2.16. The van der Waals surface area contributed by atoms with Crippen molar-refractivity contribution in [3.63, 3.8) is 0 Å². The average molecular weight is 282 g/mol. The zero-order valence-electron chi connectivity index (χ0n) is 10.1. The largest absolute Gasteiger partial charge is 0.389 e. The van der Waals surface area contributed by atoms with Crippen LogP contribution >= 0.6 is 22.7 Å². The van der Waals surface area contributed by atoms with Gasteiger partial charge in [-0.25, -0.2) is 4.98 Å². The summed E-state index contributed by atoms with van der Waals surface area (Å²) in [5.74, 6) is -0.255. The van der Waals surface area contributed by atoms with Crippen LogP contribution in [0.2, 0.25) is 0 Å². The van der Waals surface area contributed by atoms with Crippen LogP contribution in [0, 0.1) is 0 Å². The molecular weight excluding hydrogens is 268 g/mol. The number of nitrogens with one attached hydrogen (secondary N) is 1. The fraction of sp³-hybridized carbons (Fsp3) is 0.333. The Kier molecular flexibility index (Phi) is 3.79. The van der Waals surface area contributed by atoms with Crippen molar-refractivity contribution in [2.24, 2.45) is 0 Å². The summed E-state index contributed by atoms with van der Waals surface area (Å²) < 4.78 is 0. The van der Waals surface area contributed by atoms with Crippen molar-refractivity contribution in [3.05, 3.63) is 27.9 Å². The highest BCUT2D eigenvalue weighted by Crippen LogP contribution is 2.25. The number of carbonyl (C=O) groups excluding carboxylic acids is 1. The summed E-state index contributed by atoms with van der Waals surface area (Å²) in [7, 11) is 0. The smallest absolute Gasteiger partial charge is 0.270 e. The van der Waals surface area contributed by atoms with E-state index in [4.69, 9.17) is 0 Å². The molecule has 2 aromatic heterocycles. The molecule has 0 saturated heterocycles. The van der Waals surface area contributed by atoms with Crippen molar-refractivity contribution < 1.29 is 9.90 Å². The first-order chi connectivity index (χ1) is 8.46. The molecule has 0 aromatic carbocycles. The molecule has 0 aliphatic rings. The number of hydrogen-bond acceptors (Lipinski definition) is 5. The SMILES string of the molecule is CC(C)(O)CNC(=O)c1csc(-c2ccsc2)n1. The summed E-state index contributed by atoms with van der Waals surface area (Å²) in [6.07, 6.45) is 0. The van der Waals surface area contributed by atoms with E-state index in [9.17, 15) is 9.90 Å². The number of rotatable bonds is 4. The number of carbonyl (C=O) groups is 1. The second kappa shape index (κ2) is 5.17. The average Bonchev–Trinajstić information content (AvgIpc) is 2.94. The van der Waals surface area contributed by atoms with Gasteiger partial charge in [-0.05, 0) is 25.3 Å². The molecule has 0 bridgehead atoms. The van der Waals surface area contributed by atoms with Crippen LogP contribution in [0.4, 0.5) is 0 Å². The summed E-state index contributed by atoms with van der Waals surface area (Å²) in [5.41, 5.74) is 0.513. The van der Waals surface area contributed by atoms with Gasteiger partial charge in [-0.2, -0.15) is 11.3 Å². The summed E-state index contributed by atoms with van der Waals surface area (Å²) in [6, 6.07) is 1.97. The van der Waals surface area contributed by atoms with Gasteiger partial charge in [0.15, 0.2) is 0 Å². The van der Waals surface area contributed by atoms with E-state index < -0.39 is 5.60 Å². The van der Waals surface area contributed by atoms with Crippen LogP contribution in [0.25, 0.3) is 10.6 Å². The third-order valence-electron chi connectivity index (χ3n) is 2.19. The molecular formula is C12H14N2O2S2. The molecule has 6 heteroatoms. The van der Waals surface area contributed by atoms with Crippen molar-refractivity contribution in [2.45, 2.75) is 19.4 Å². The summed E-state index contributed by atoms with van der Waals surface area (Å²) in [4.78, 5) is 16.1. The van der Waals surface area contributed by atoms with Crippen LogP contribution < -0.4 is 5.32 Å². The Morgan fingerprint density at radius 1 is 1.50 bits per heavy atom. The quantitative estimate of drug-likeness (QED) is 0.905. The molecule has 1 amide bonds. The molecule has 0 saturated carbocycles. The van der Waals surface area contributed by atoms with Gasteiger partial charge in [0.1, 0.15) is 10.7 Å². The lowest BCUT2D eigenvalue weighted by atomic mass is 10.1. The third kappa shape index (κ3) is 3.38. The van der Waals surface area contributed by atoms with Crippen molar-refractivity contribution >= 4 is 28.6 Å². The molecule has 2 heterocycles. The van der Waals surface area contributed by atoms with E-state index in [1.54, 1.807) is 30.6 Å². The molecule has 2 aromatic rings. The maximum atomic E-state index is 11.8. The topological polar surface area (TPSA) is 62.2 Å². The zero-order chi connectivity index (χ0) is 13.2. The minimum absolute atomic E-state index is 0.206. The molecule has 18 heavy (non-hydrogen) atoms.